The molecule has 0 aliphatic carbocycles. The summed E-state index contributed by atoms with van der Waals surface area (Å²) in [5.74, 6) is -0.168. The van der Waals surface area contributed by atoms with Crippen molar-refractivity contribution in [3.8, 4) is 0 Å². The number of carbonyl (C=O) groups is 1. The molecule has 0 heterocycles. The fourth-order valence-corrected chi connectivity index (χ4v) is 1.85. The van der Waals surface area contributed by atoms with Gasteiger partial charge in [-0.15, -0.1) is 0 Å². The average Bonchev–Trinajstić information content (AvgIpc) is 2.31. The van der Waals surface area contributed by atoms with Crippen molar-refractivity contribution in [3.05, 3.63) is 28.8 Å². The van der Waals surface area contributed by atoms with Crippen molar-refractivity contribution in [2.75, 3.05) is 18.5 Å². The zero-order valence-corrected chi connectivity index (χ0v) is 11.6. The smallest absolute Gasteiger partial charge is 0.253 e. The van der Waals surface area contributed by atoms with Crippen LogP contribution >= 0.6 is 23.4 Å². The lowest BCUT2D eigenvalue weighted by Gasteiger charge is -2.10. The molecule has 0 saturated heterocycles. The molecular formula is C12H17ClN2OS. The third-order valence-electron chi connectivity index (χ3n) is 2.50. The molecule has 94 valence electrons. The van der Waals surface area contributed by atoms with Crippen LogP contribution in [-0.4, -0.2) is 24.0 Å². The highest BCUT2D eigenvalue weighted by molar-refractivity contribution is 7.99. The van der Waals surface area contributed by atoms with E-state index < -0.39 is 0 Å². The number of hydrogen-bond donors (Lipinski definition) is 2. The Labute approximate surface area is 111 Å². The molecule has 17 heavy (non-hydrogen) atoms. The monoisotopic (exact) mass is 272 g/mol. The predicted molar refractivity (Wildman–Crippen MR) is 75.8 cm³/mol. The Morgan fingerprint density at radius 2 is 2.29 bits per heavy atom. The van der Waals surface area contributed by atoms with Crippen molar-refractivity contribution in [3.63, 3.8) is 0 Å². The number of rotatable bonds is 5. The summed E-state index contributed by atoms with van der Waals surface area (Å²) in [4.78, 5) is 11.8. The molecule has 0 spiro atoms. The van der Waals surface area contributed by atoms with E-state index in [0.717, 1.165) is 6.42 Å². The van der Waals surface area contributed by atoms with Gasteiger partial charge in [0.05, 0.1) is 5.56 Å². The van der Waals surface area contributed by atoms with Gasteiger partial charge in [0.15, 0.2) is 0 Å². The molecule has 0 aliphatic rings. The average molecular weight is 273 g/mol. The van der Waals surface area contributed by atoms with Crippen molar-refractivity contribution in [1.29, 1.82) is 0 Å². The molecule has 0 radical (unpaired) electrons. The van der Waals surface area contributed by atoms with Crippen molar-refractivity contribution in [2.24, 2.45) is 0 Å². The molecule has 1 amide bonds. The van der Waals surface area contributed by atoms with Crippen LogP contribution in [0.2, 0.25) is 5.02 Å². The van der Waals surface area contributed by atoms with Crippen molar-refractivity contribution in [1.82, 2.24) is 5.32 Å². The number of hydrogen-bond acceptors (Lipinski definition) is 3. The Balaban J connectivity index is 2.55. The highest BCUT2D eigenvalue weighted by Crippen LogP contribution is 2.17. The first-order chi connectivity index (χ1) is 8.04. The van der Waals surface area contributed by atoms with E-state index in [4.69, 9.17) is 17.3 Å². The van der Waals surface area contributed by atoms with E-state index in [-0.39, 0.29) is 5.91 Å². The number of nitrogens with two attached hydrogens (primary N) is 1. The van der Waals surface area contributed by atoms with Crippen LogP contribution in [0.15, 0.2) is 18.2 Å². The van der Waals surface area contributed by atoms with Crippen LogP contribution in [-0.2, 0) is 0 Å². The molecule has 3 nitrogen and oxygen atoms in total. The van der Waals surface area contributed by atoms with Gasteiger partial charge in [0.1, 0.15) is 0 Å². The third-order valence-corrected chi connectivity index (χ3v) is 3.77. The zero-order chi connectivity index (χ0) is 12.8. The Morgan fingerprint density at radius 1 is 1.59 bits per heavy atom. The third kappa shape index (κ3) is 4.48. The van der Waals surface area contributed by atoms with E-state index >= 15 is 0 Å². The largest absolute Gasteiger partial charge is 0.398 e. The molecule has 1 aromatic carbocycles. The van der Waals surface area contributed by atoms with Crippen LogP contribution in [0.25, 0.3) is 0 Å². The Hall–Kier alpha value is -0.870. The standard InChI is InChI=1S/C12H17ClN2OS/c1-8(17-2)5-6-15-12(16)10-7-9(13)3-4-11(10)14/h3-4,7-8H,5-6,14H2,1-2H3,(H,15,16). The Kier molecular flexibility index (Phi) is 5.65. The number of nitrogens with one attached hydrogen (secondary N) is 1. The minimum atomic E-state index is -0.168. The number of benzene rings is 1. The van der Waals surface area contributed by atoms with E-state index in [2.05, 4.69) is 18.5 Å². The number of thioether (sulfide) groups is 1. The molecule has 5 heteroatoms. The van der Waals surface area contributed by atoms with Crippen LogP contribution in [0.5, 0.6) is 0 Å². The first kappa shape index (κ1) is 14.2. The summed E-state index contributed by atoms with van der Waals surface area (Å²) >= 11 is 7.61. The second-order valence-electron chi connectivity index (χ2n) is 3.82. The maximum absolute atomic E-state index is 11.8. The fraction of sp³-hybridized carbons (Fsp3) is 0.417. The molecule has 0 saturated carbocycles. The minimum absolute atomic E-state index is 0.168. The number of amides is 1. The molecular weight excluding hydrogens is 256 g/mol. The van der Waals surface area contributed by atoms with Gasteiger partial charge in [-0.1, -0.05) is 18.5 Å². The van der Waals surface area contributed by atoms with Crippen LogP contribution in [0, 0.1) is 0 Å². The molecule has 0 fully saturated rings. The lowest BCUT2D eigenvalue weighted by molar-refractivity contribution is 0.0954. The van der Waals surface area contributed by atoms with Crippen LogP contribution in [0.4, 0.5) is 5.69 Å². The minimum Gasteiger partial charge on any atom is -0.398 e. The summed E-state index contributed by atoms with van der Waals surface area (Å²) in [6.07, 6.45) is 2.99. The normalized spacial score (nSPS) is 12.2. The fourth-order valence-electron chi connectivity index (χ4n) is 1.33. The number of halogens is 1. The summed E-state index contributed by atoms with van der Waals surface area (Å²) in [5.41, 5.74) is 6.61. The summed E-state index contributed by atoms with van der Waals surface area (Å²) in [7, 11) is 0. The molecule has 0 aliphatic heterocycles. The summed E-state index contributed by atoms with van der Waals surface area (Å²) in [5, 5.41) is 3.89. The van der Waals surface area contributed by atoms with Gasteiger partial charge in [-0.2, -0.15) is 11.8 Å². The van der Waals surface area contributed by atoms with Gasteiger partial charge >= 0.3 is 0 Å². The number of nitrogen functional groups attached to an aromatic ring is 1. The van der Waals surface area contributed by atoms with E-state index in [1.165, 1.54) is 0 Å². The van der Waals surface area contributed by atoms with Gasteiger partial charge in [-0.25, -0.2) is 0 Å². The van der Waals surface area contributed by atoms with Gasteiger partial charge < -0.3 is 11.1 Å². The van der Waals surface area contributed by atoms with Crippen molar-refractivity contribution < 1.29 is 4.79 Å². The van der Waals surface area contributed by atoms with E-state index in [0.29, 0.717) is 28.1 Å². The molecule has 3 N–H and O–H groups in total. The number of carbonyl (C=O) groups excluding carboxylic acids is 1. The van der Waals surface area contributed by atoms with Crippen LogP contribution in [0.3, 0.4) is 0 Å². The topological polar surface area (TPSA) is 55.1 Å². The zero-order valence-electron chi connectivity index (χ0n) is 10.00. The second kappa shape index (κ2) is 6.77. The Morgan fingerprint density at radius 3 is 2.94 bits per heavy atom. The molecule has 1 unspecified atom stereocenters. The van der Waals surface area contributed by atoms with Crippen molar-refractivity contribution >= 4 is 35.0 Å². The molecule has 0 bridgehead atoms. The van der Waals surface area contributed by atoms with Gasteiger partial charge in [0, 0.05) is 22.5 Å². The summed E-state index contributed by atoms with van der Waals surface area (Å²) in [6.45, 7) is 2.78. The van der Waals surface area contributed by atoms with E-state index in [1.54, 1.807) is 30.0 Å². The highest BCUT2D eigenvalue weighted by Gasteiger charge is 2.10. The van der Waals surface area contributed by atoms with Gasteiger partial charge in [0.2, 0.25) is 0 Å². The van der Waals surface area contributed by atoms with Gasteiger partial charge in [0.25, 0.3) is 5.91 Å². The maximum atomic E-state index is 11.8. The first-order valence-corrected chi connectivity index (χ1v) is 7.07. The van der Waals surface area contributed by atoms with Crippen LogP contribution in [0.1, 0.15) is 23.7 Å². The quantitative estimate of drug-likeness (QED) is 0.811. The molecule has 1 rings (SSSR count). The summed E-state index contributed by atoms with van der Waals surface area (Å²) < 4.78 is 0. The maximum Gasteiger partial charge on any atom is 0.253 e. The van der Waals surface area contributed by atoms with Crippen molar-refractivity contribution in [2.45, 2.75) is 18.6 Å². The van der Waals surface area contributed by atoms with Crippen LogP contribution < -0.4 is 11.1 Å². The van der Waals surface area contributed by atoms with E-state index in [9.17, 15) is 4.79 Å². The highest BCUT2D eigenvalue weighted by atomic mass is 35.5. The van der Waals surface area contributed by atoms with Gasteiger partial charge in [-0.3, -0.25) is 4.79 Å². The summed E-state index contributed by atoms with van der Waals surface area (Å²) in [6, 6.07) is 4.90. The molecule has 0 aromatic heterocycles. The van der Waals surface area contributed by atoms with Gasteiger partial charge in [-0.05, 0) is 30.9 Å². The molecule has 1 atom stereocenters. The second-order valence-corrected chi connectivity index (χ2v) is 5.54. The lowest BCUT2D eigenvalue weighted by atomic mass is 10.1. The Bertz CT molecular complexity index is 398. The SMILES string of the molecule is CSC(C)CCNC(=O)c1cc(Cl)ccc1N. The first-order valence-electron chi connectivity index (χ1n) is 5.40. The molecule has 1 aromatic rings. The predicted octanol–water partition coefficient (Wildman–Crippen LogP) is 2.79. The lowest BCUT2D eigenvalue weighted by Crippen LogP contribution is -2.26. The number of anilines is 1. The van der Waals surface area contributed by atoms with E-state index in [1.807, 2.05) is 0 Å².